The maximum atomic E-state index is 11.9. The van der Waals surface area contributed by atoms with Gasteiger partial charge in [0.2, 0.25) is 0 Å². The Morgan fingerprint density at radius 2 is 1.88 bits per heavy atom. The molecule has 17 heavy (non-hydrogen) atoms. The number of ether oxygens (including phenoxy) is 1. The molecule has 1 heterocycles. The molecule has 5 fully saturated rings. The Bertz CT molecular complexity index is 404. The van der Waals surface area contributed by atoms with Gasteiger partial charge in [0.1, 0.15) is 0 Å². The van der Waals surface area contributed by atoms with E-state index in [-0.39, 0.29) is 5.97 Å². The summed E-state index contributed by atoms with van der Waals surface area (Å²) < 4.78 is 5.34. The van der Waals surface area contributed by atoms with E-state index in [9.17, 15) is 4.79 Å². The van der Waals surface area contributed by atoms with Crippen molar-refractivity contribution in [1.29, 1.82) is 0 Å². The lowest BCUT2D eigenvalue weighted by Gasteiger charge is -2.41. The van der Waals surface area contributed by atoms with Crippen molar-refractivity contribution in [3.8, 4) is 0 Å². The molecule has 5 rings (SSSR count). The third-order valence-corrected chi connectivity index (χ3v) is 7.16. The summed E-state index contributed by atoms with van der Waals surface area (Å²) in [5.41, 5.74) is 0. The number of hydrogen-bond donors (Lipinski definition) is 0. The van der Waals surface area contributed by atoms with Gasteiger partial charge in [-0.05, 0) is 60.7 Å². The van der Waals surface area contributed by atoms with Crippen molar-refractivity contribution in [3.63, 3.8) is 0 Å². The molecule has 0 aromatic carbocycles. The van der Waals surface area contributed by atoms with Crippen LogP contribution in [-0.2, 0) is 9.53 Å². The highest BCUT2D eigenvalue weighted by Gasteiger charge is 2.69. The Hall–Kier alpha value is -0.530. The van der Waals surface area contributed by atoms with Gasteiger partial charge >= 0.3 is 5.97 Å². The van der Waals surface area contributed by atoms with Gasteiger partial charge in [-0.3, -0.25) is 4.79 Å². The van der Waals surface area contributed by atoms with Crippen LogP contribution in [0.3, 0.4) is 0 Å². The van der Waals surface area contributed by atoms with Gasteiger partial charge in [-0.15, -0.1) is 0 Å². The fourth-order valence-corrected chi connectivity index (χ4v) is 6.93. The summed E-state index contributed by atoms with van der Waals surface area (Å²) in [7, 11) is 0. The minimum Gasteiger partial charge on any atom is -0.465 e. The highest BCUT2D eigenvalue weighted by Crippen LogP contribution is 2.72. The monoisotopic (exact) mass is 232 g/mol. The second-order valence-corrected chi connectivity index (χ2v) is 7.41. The predicted octanol–water partition coefficient (Wildman–Crippen LogP) is 2.33. The molecule has 0 aromatic heterocycles. The van der Waals surface area contributed by atoms with Crippen molar-refractivity contribution in [3.05, 3.63) is 0 Å². The lowest BCUT2D eigenvalue weighted by Crippen LogP contribution is -2.40. The van der Waals surface area contributed by atoms with Crippen molar-refractivity contribution in [2.45, 2.75) is 26.2 Å². The van der Waals surface area contributed by atoms with E-state index in [1.165, 1.54) is 19.3 Å². The van der Waals surface area contributed by atoms with Crippen molar-refractivity contribution < 1.29 is 9.53 Å². The lowest BCUT2D eigenvalue weighted by atomic mass is 9.62. The number of hydrogen-bond acceptors (Lipinski definition) is 2. The van der Waals surface area contributed by atoms with Gasteiger partial charge in [0.15, 0.2) is 0 Å². The summed E-state index contributed by atoms with van der Waals surface area (Å²) in [6.07, 6.45) is 4.32. The largest absolute Gasteiger partial charge is 0.465 e. The number of rotatable bonds is 0. The molecule has 5 aliphatic rings. The van der Waals surface area contributed by atoms with Gasteiger partial charge in [0.25, 0.3) is 0 Å². The first-order chi connectivity index (χ1) is 8.25. The van der Waals surface area contributed by atoms with Crippen LogP contribution in [0.2, 0.25) is 0 Å². The van der Waals surface area contributed by atoms with Crippen molar-refractivity contribution in [1.82, 2.24) is 0 Å². The van der Waals surface area contributed by atoms with E-state index >= 15 is 0 Å². The molecule has 4 bridgehead atoms. The molecule has 4 aliphatic carbocycles. The molecular formula is C15H20O2. The van der Waals surface area contributed by atoms with Gasteiger partial charge in [-0.1, -0.05) is 6.92 Å². The molecule has 0 N–H and O–H groups in total. The maximum absolute atomic E-state index is 11.9. The van der Waals surface area contributed by atoms with Crippen molar-refractivity contribution in [2.24, 2.45) is 53.3 Å². The first kappa shape index (κ1) is 9.41. The van der Waals surface area contributed by atoms with Crippen LogP contribution < -0.4 is 0 Å². The number of cyclic esters (lactones) is 1. The highest BCUT2D eigenvalue weighted by molar-refractivity contribution is 5.76. The van der Waals surface area contributed by atoms with Crippen LogP contribution in [0.5, 0.6) is 0 Å². The Labute approximate surface area is 102 Å². The SMILES string of the molecule is CC1C[C@H]2CC1C1C3CC(C4COC(=O)C43)C12. The molecule has 2 nitrogen and oxygen atoms in total. The Kier molecular flexibility index (Phi) is 1.51. The smallest absolute Gasteiger partial charge is 0.309 e. The molecule has 0 radical (unpaired) electrons. The Balaban J connectivity index is 1.58. The lowest BCUT2D eigenvalue weighted by molar-refractivity contribution is -0.143. The predicted molar refractivity (Wildman–Crippen MR) is 61.9 cm³/mol. The molecule has 1 saturated heterocycles. The molecule has 8 unspecified atom stereocenters. The van der Waals surface area contributed by atoms with E-state index in [1.54, 1.807) is 0 Å². The third-order valence-electron chi connectivity index (χ3n) is 7.16. The van der Waals surface area contributed by atoms with E-state index in [2.05, 4.69) is 6.92 Å². The molecule has 9 atom stereocenters. The first-order valence-electron chi connectivity index (χ1n) is 7.42. The Morgan fingerprint density at radius 3 is 2.76 bits per heavy atom. The van der Waals surface area contributed by atoms with E-state index in [4.69, 9.17) is 4.74 Å². The van der Waals surface area contributed by atoms with Gasteiger partial charge in [0, 0.05) is 5.92 Å². The molecule has 0 amide bonds. The number of carbonyl (C=O) groups excluding carboxylic acids is 1. The molecule has 92 valence electrons. The van der Waals surface area contributed by atoms with E-state index < -0.39 is 0 Å². The summed E-state index contributed by atoms with van der Waals surface area (Å²) in [4.78, 5) is 11.9. The van der Waals surface area contributed by atoms with Gasteiger partial charge in [-0.2, -0.15) is 0 Å². The van der Waals surface area contributed by atoms with Crippen molar-refractivity contribution >= 4 is 5.97 Å². The van der Waals surface area contributed by atoms with Crippen LogP contribution in [-0.4, -0.2) is 12.6 Å². The quantitative estimate of drug-likeness (QED) is 0.473. The van der Waals surface area contributed by atoms with Gasteiger partial charge < -0.3 is 4.74 Å². The number of fused-ring (bicyclic) bond motifs is 12. The van der Waals surface area contributed by atoms with E-state index in [0.717, 1.165) is 42.1 Å². The fraction of sp³-hybridized carbons (Fsp3) is 0.933. The molecule has 0 spiro atoms. The second-order valence-electron chi connectivity index (χ2n) is 7.41. The molecule has 1 aliphatic heterocycles. The average molecular weight is 232 g/mol. The molecule has 2 heteroatoms. The summed E-state index contributed by atoms with van der Waals surface area (Å²) in [6.45, 7) is 3.19. The minimum atomic E-state index is 0.149. The first-order valence-corrected chi connectivity index (χ1v) is 7.42. The second kappa shape index (κ2) is 2.73. The minimum absolute atomic E-state index is 0.149. The van der Waals surface area contributed by atoms with Crippen LogP contribution in [0.25, 0.3) is 0 Å². The van der Waals surface area contributed by atoms with Gasteiger partial charge in [-0.25, -0.2) is 0 Å². The fourth-order valence-electron chi connectivity index (χ4n) is 6.93. The van der Waals surface area contributed by atoms with Crippen LogP contribution in [0, 0.1) is 53.3 Å². The average Bonchev–Trinajstić information content (AvgIpc) is 2.99. The summed E-state index contributed by atoms with van der Waals surface area (Å²) in [5.74, 6) is 7.41. The topological polar surface area (TPSA) is 26.3 Å². The standard InChI is InChI=1S/C15H20O2/c1-6-2-7-3-8(6)13-10-4-9(12(7)13)11-5-17-15(16)14(10)11/h6-14H,2-5H2,1H3/t6?,7-,8?,9?,10?,11?,12?,13?,14?/m0/s1. The zero-order chi connectivity index (χ0) is 11.3. The number of esters is 1. The van der Waals surface area contributed by atoms with Crippen LogP contribution in [0.15, 0.2) is 0 Å². The van der Waals surface area contributed by atoms with Crippen LogP contribution in [0.1, 0.15) is 26.2 Å². The molecule has 0 aromatic rings. The van der Waals surface area contributed by atoms with Crippen molar-refractivity contribution in [2.75, 3.05) is 6.61 Å². The zero-order valence-corrected chi connectivity index (χ0v) is 10.3. The summed E-state index contributed by atoms with van der Waals surface area (Å²) in [5, 5.41) is 0. The normalized spacial score (nSPS) is 66.2. The number of carbonyl (C=O) groups is 1. The summed E-state index contributed by atoms with van der Waals surface area (Å²) >= 11 is 0. The maximum Gasteiger partial charge on any atom is 0.309 e. The van der Waals surface area contributed by atoms with Crippen LogP contribution >= 0.6 is 0 Å². The third kappa shape index (κ3) is 0.880. The zero-order valence-electron chi connectivity index (χ0n) is 10.3. The Morgan fingerprint density at radius 1 is 1.00 bits per heavy atom. The van der Waals surface area contributed by atoms with E-state index in [0.29, 0.717) is 17.8 Å². The summed E-state index contributed by atoms with van der Waals surface area (Å²) in [6, 6.07) is 0. The molecular weight excluding hydrogens is 212 g/mol. The van der Waals surface area contributed by atoms with Gasteiger partial charge in [0.05, 0.1) is 12.5 Å². The highest BCUT2D eigenvalue weighted by atomic mass is 16.5. The van der Waals surface area contributed by atoms with E-state index in [1.807, 2.05) is 0 Å². The molecule has 4 saturated carbocycles. The van der Waals surface area contributed by atoms with Crippen LogP contribution in [0.4, 0.5) is 0 Å².